The van der Waals surface area contributed by atoms with Gasteiger partial charge in [0.2, 0.25) is 5.91 Å². The first-order valence-electron chi connectivity index (χ1n) is 9.34. The maximum atomic E-state index is 12.0. The minimum atomic E-state index is -0.266. The Morgan fingerprint density at radius 1 is 1.12 bits per heavy atom. The zero-order valence-electron chi connectivity index (χ0n) is 15.7. The van der Waals surface area contributed by atoms with Crippen molar-refractivity contribution >= 4 is 17.6 Å². The number of benzene rings is 1. The number of anilines is 1. The molecule has 1 unspecified atom stereocenters. The van der Waals surface area contributed by atoms with Crippen LogP contribution >= 0.6 is 0 Å². The third kappa shape index (κ3) is 6.55. The first kappa shape index (κ1) is 20.0. The van der Waals surface area contributed by atoms with E-state index in [0.29, 0.717) is 13.1 Å². The summed E-state index contributed by atoms with van der Waals surface area (Å²) >= 11 is 0. The predicted octanol–water partition coefficient (Wildman–Crippen LogP) is 1.80. The van der Waals surface area contributed by atoms with Crippen molar-refractivity contribution in [1.82, 2.24) is 16.0 Å². The Balaban J connectivity index is 1.73. The first-order valence-corrected chi connectivity index (χ1v) is 9.34. The molecular formula is C19H30N4O3. The largest absolute Gasteiger partial charge is 0.378 e. The topological polar surface area (TPSA) is 82.7 Å². The van der Waals surface area contributed by atoms with Gasteiger partial charge in [-0.05, 0) is 31.0 Å². The maximum absolute atomic E-state index is 12.0. The van der Waals surface area contributed by atoms with Crippen molar-refractivity contribution in [2.24, 2.45) is 0 Å². The van der Waals surface area contributed by atoms with Gasteiger partial charge >= 0.3 is 6.03 Å². The average molecular weight is 362 g/mol. The van der Waals surface area contributed by atoms with Crippen LogP contribution in [0, 0.1) is 0 Å². The summed E-state index contributed by atoms with van der Waals surface area (Å²) in [5, 5.41) is 8.40. The van der Waals surface area contributed by atoms with Crippen LogP contribution in [0.1, 0.15) is 38.3 Å². The molecule has 0 radical (unpaired) electrons. The zero-order valence-corrected chi connectivity index (χ0v) is 15.7. The molecule has 0 aliphatic carbocycles. The molecule has 0 saturated carbocycles. The lowest BCUT2D eigenvalue weighted by Gasteiger charge is -2.29. The van der Waals surface area contributed by atoms with E-state index in [1.165, 1.54) is 5.69 Å². The van der Waals surface area contributed by atoms with Crippen LogP contribution in [0.2, 0.25) is 0 Å². The molecule has 26 heavy (non-hydrogen) atoms. The summed E-state index contributed by atoms with van der Waals surface area (Å²) in [6, 6.07) is 7.85. The van der Waals surface area contributed by atoms with Crippen LogP contribution < -0.4 is 20.9 Å². The second-order valence-corrected chi connectivity index (χ2v) is 6.41. The second kappa shape index (κ2) is 10.7. The molecule has 2 rings (SSSR count). The quantitative estimate of drug-likeness (QED) is 0.659. The lowest BCUT2D eigenvalue weighted by atomic mass is 10.1. The summed E-state index contributed by atoms with van der Waals surface area (Å²) in [6.45, 7) is 8.26. The smallest absolute Gasteiger partial charge is 0.315 e. The van der Waals surface area contributed by atoms with Gasteiger partial charge in [-0.1, -0.05) is 19.1 Å². The van der Waals surface area contributed by atoms with Crippen LogP contribution in [0.4, 0.5) is 10.5 Å². The minimum absolute atomic E-state index is 0.0427. The number of ether oxygens (including phenoxy) is 1. The average Bonchev–Trinajstić information content (AvgIpc) is 2.67. The first-order chi connectivity index (χ1) is 12.6. The summed E-state index contributed by atoms with van der Waals surface area (Å²) in [7, 11) is 0. The monoisotopic (exact) mass is 362 g/mol. The van der Waals surface area contributed by atoms with Crippen molar-refractivity contribution in [3.05, 3.63) is 29.8 Å². The van der Waals surface area contributed by atoms with Crippen LogP contribution in [-0.2, 0) is 9.53 Å². The summed E-state index contributed by atoms with van der Waals surface area (Å²) in [4.78, 5) is 25.7. The van der Waals surface area contributed by atoms with E-state index in [1.54, 1.807) is 0 Å². The summed E-state index contributed by atoms with van der Waals surface area (Å²) in [6.07, 6.45) is 1.19. The van der Waals surface area contributed by atoms with Gasteiger partial charge in [-0.3, -0.25) is 4.79 Å². The maximum Gasteiger partial charge on any atom is 0.315 e. The molecule has 144 valence electrons. The number of carbonyl (C=O) groups is 2. The Labute approximate surface area is 155 Å². The molecule has 1 heterocycles. The van der Waals surface area contributed by atoms with Gasteiger partial charge < -0.3 is 25.6 Å². The molecule has 0 aromatic heterocycles. The molecule has 0 bridgehead atoms. The Hall–Kier alpha value is -2.28. The van der Waals surface area contributed by atoms with E-state index in [-0.39, 0.29) is 24.4 Å². The van der Waals surface area contributed by atoms with Crippen LogP contribution in [0.5, 0.6) is 0 Å². The Morgan fingerprint density at radius 3 is 2.46 bits per heavy atom. The van der Waals surface area contributed by atoms with E-state index in [2.05, 4.69) is 33.0 Å². The number of hydrogen-bond acceptors (Lipinski definition) is 4. The van der Waals surface area contributed by atoms with Crippen molar-refractivity contribution in [3.8, 4) is 0 Å². The fourth-order valence-electron chi connectivity index (χ4n) is 2.77. The molecule has 1 atom stereocenters. The number of carbonyl (C=O) groups excluding carboxylic acids is 2. The van der Waals surface area contributed by atoms with Crippen LogP contribution in [0.15, 0.2) is 24.3 Å². The van der Waals surface area contributed by atoms with Gasteiger partial charge in [0.25, 0.3) is 0 Å². The van der Waals surface area contributed by atoms with E-state index in [0.717, 1.165) is 38.3 Å². The van der Waals surface area contributed by atoms with Gasteiger partial charge in [-0.15, -0.1) is 0 Å². The number of amides is 3. The lowest BCUT2D eigenvalue weighted by Crippen LogP contribution is -2.39. The Morgan fingerprint density at radius 2 is 1.81 bits per heavy atom. The molecule has 3 N–H and O–H groups in total. The number of nitrogens with one attached hydrogen (secondary N) is 3. The van der Waals surface area contributed by atoms with Gasteiger partial charge in [0.1, 0.15) is 0 Å². The van der Waals surface area contributed by atoms with Crippen LogP contribution in [-0.4, -0.2) is 51.3 Å². The van der Waals surface area contributed by atoms with Crippen molar-refractivity contribution < 1.29 is 14.3 Å². The number of nitrogens with zero attached hydrogens (tertiary/aromatic N) is 1. The number of urea groups is 1. The minimum Gasteiger partial charge on any atom is -0.378 e. The molecular weight excluding hydrogens is 332 g/mol. The molecule has 1 aliphatic rings. The van der Waals surface area contributed by atoms with E-state index in [9.17, 15) is 9.59 Å². The summed E-state index contributed by atoms with van der Waals surface area (Å²) < 4.78 is 5.37. The van der Waals surface area contributed by atoms with Crippen molar-refractivity contribution in [2.75, 3.05) is 44.3 Å². The number of morpholine rings is 1. The molecule has 1 aromatic carbocycles. The molecule has 1 fully saturated rings. The predicted molar refractivity (Wildman–Crippen MR) is 102 cm³/mol. The standard InChI is InChI=1S/C19H30N4O3/c1-3-9-20-18(24)8-10-21-19(25)22-15(2)16-4-6-17(7-5-16)23-11-13-26-14-12-23/h4-7,15H,3,8-14H2,1-2H3,(H,20,24)(H2,21,22,25). The molecule has 1 saturated heterocycles. The Kier molecular flexibility index (Phi) is 8.21. The molecule has 3 amide bonds. The third-order valence-corrected chi connectivity index (χ3v) is 4.33. The second-order valence-electron chi connectivity index (χ2n) is 6.41. The van der Waals surface area contributed by atoms with E-state index in [4.69, 9.17) is 4.74 Å². The fraction of sp³-hybridized carbons (Fsp3) is 0.579. The Bertz CT molecular complexity index is 571. The van der Waals surface area contributed by atoms with Gasteiger partial charge in [0.15, 0.2) is 0 Å². The van der Waals surface area contributed by atoms with Crippen molar-refractivity contribution in [3.63, 3.8) is 0 Å². The van der Waals surface area contributed by atoms with Gasteiger partial charge in [0, 0.05) is 38.3 Å². The van der Waals surface area contributed by atoms with Crippen molar-refractivity contribution in [1.29, 1.82) is 0 Å². The molecule has 7 heteroatoms. The summed E-state index contributed by atoms with van der Waals surface area (Å²) in [5.74, 6) is -0.0427. The molecule has 1 aliphatic heterocycles. The van der Waals surface area contributed by atoms with E-state index < -0.39 is 0 Å². The van der Waals surface area contributed by atoms with Crippen LogP contribution in [0.3, 0.4) is 0 Å². The van der Waals surface area contributed by atoms with Gasteiger partial charge in [-0.25, -0.2) is 4.79 Å². The highest BCUT2D eigenvalue weighted by Gasteiger charge is 2.13. The van der Waals surface area contributed by atoms with E-state index >= 15 is 0 Å². The molecule has 7 nitrogen and oxygen atoms in total. The molecule has 0 spiro atoms. The normalized spacial score (nSPS) is 15.2. The third-order valence-electron chi connectivity index (χ3n) is 4.33. The van der Waals surface area contributed by atoms with Gasteiger partial charge in [0.05, 0.1) is 19.3 Å². The lowest BCUT2D eigenvalue weighted by molar-refractivity contribution is -0.120. The molecule has 1 aromatic rings. The van der Waals surface area contributed by atoms with Crippen molar-refractivity contribution in [2.45, 2.75) is 32.7 Å². The highest BCUT2D eigenvalue weighted by Crippen LogP contribution is 2.20. The number of rotatable bonds is 8. The summed E-state index contributed by atoms with van der Waals surface area (Å²) in [5.41, 5.74) is 2.21. The SMILES string of the molecule is CCCNC(=O)CCNC(=O)NC(C)c1ccc(N2CCOCC2)cc1. The highest BCUT2D eigenvalue weighted by atomic mass is 16.5. The zero-order chi connectivity index (χ0) is 18.8. The van der Waals surface area contributed by atoms with Gasteiger partial charge in [-0.2, -0.15) is 0 Å². The van der Waals surface area contributed by atoms with E-state index in [1.807, 2.05) is 26.0 Å². The van der Waals surface area contributed by atoms with Crippen LogP contribution in [0.25, 0.3) is 0 Å². The fourth-order valence-corrected chi connectivity index (χ4v) is 2.77. The highest BCUT2D eigenvalue weighted by molar-refractivity contribution is 5.78. The number of hydrogen-bond donors (Lipinski definition) is 3.